The molecule has 0 bridgehead atoms. The van der Waals surface area contributed by atoms with Crippen LogP contribution in [0.2, 0.25) is 0 Å². The van der Waals surface area contributed by atoms with Crippen molar-refractivity contribution in [3.63, 3.8) is 0 Å². The van der Waals surface area contributed by atoms with Gasteiger partial charge in [0.15, 0.2) is 0 Å². The summed E-state index contributed by atoms with van der Waals surface area (Å²) in [5, 5.41) is 24.3. The van der Waals surface area contributed by atoms with Crippen LogP contribution in [0.15, 0.2) is 0 Å². The molecule has 0 aliphatic carbocycles. The van der Waals surface area contributed by atoms with Gasteiger partial charge in [-0.25, -0.2) is 0 Å². The molecular weight excluding hydrogens is 316 g/mol. The molecule has 0 radical (unpaired) electrons. The zero-order valence-corrected chi connectivity index (χ0v) is 12.8. The number of aliphatic hydroxyl groups is 1. The predicted octanol–water partition coefficient (Wildman–Crippen LogP) is -3.57. The lowest BCUT2D eigenvalue weighted by Crippen LogP contribution is -2.57. The van der Waals surface area contributed by atoms with E-state index < -0.39 is 55.0 Å². The minimum atomic E-state index is -1.30. The third-order valence-corrected chi connectivity index (χ3v) is 2.85. The van der Waals surface area contributed by atoms with Gasteiger partial charge in [0.05, 0.1) is 18.7 Å². The zero-order chi connectivity index (χ0) is 17.3. The third-order valence-electron chi connectivity index (χ3n) is 2.46. The number of nitrogens with one attached hydrogen (secondary N) is 3. The van der Waals surface area contributed by atoms with E-state index in [-0.39, 0.29) is 5.75 Å². The Morgan fingerprint density at radius 1 is 1.14 bits per heavy atom. The van der Waals surface area contributed by atoms with Gasteiger partial charge in [0, 0.05) is 5.75 Å². The van der Waals surface area contributed by atoms with Gasteiger partial charge in [-0.05, 0) is 6.92 Å². The Hall–Kier alpha value is -1.85. The number of carbonyl (C=O) groups is 4. The van der Waals surface area contributed by atoms with Crippen molar-refractivity contribution >= 4 is 36.3 Å². The fourth-order valence-corrected chi connectivity index (χ4v) is 1.43. The molecule has 0 aromatic heterocycles. The van der Waals surface area contributed by atoms with Crippen molar-refractivity contribution in [2.45, 2.75) is 25.1 Å². The highest BCUT2D eigenvalue weighted by molar-refractivity contribution is 7.80. The van der Waals surface area contributed by atoms with Crippen LogP contribution in [0.1, 0.15) is 6.92 Å². The number of carboxylic acid groups (broad SMARTS) is 1. The topological polar surface area (TPSA) is 171 Å². The molecule has 0 fully saturated rings. The number of hydrogen-bond donors (Lipinski definition) is 7. The monoisotopic (exact) mass is 336 g/mol. The van der Waals surface area contributed by atoms with Gasteiger partial charge in [-0.1, -0.05) is 0 Å². The number of carboxylic acids is 1. The van der Waals surface area contributed by atoms with Crippen LogP contribution in [0.5, 0.6) is 0 Å². The lowest BCUT2D eigenvalue weighted by molar-refractivity contribution is -0.138. The number of amides is 3. The molecule has 0 aromatic rings. The molecule has 0 aliphatic rings. The Morgan fingerprint density at radius 2 is 1.73 bits per heavy atom. The number of carbonyl (C=O) groups excluding carboxylic acids is 3. The molecule has 0 saturated carbocycles. The maximum atomic E-state index is 11.8. The molecular formula is C11H20N4O6S. The summed E-state index contributed by atoms with van der Waals surface area (Å²) < 4.78 is 0. The molecule has 3 unspecified atom stereocenters. The second-order valence-corrected chi connectivity index (χ2v) is 4.77. The summed E-state index contributed by atoms with van der Waals surface area (Å²) in [5.74, 6) is -3.38. The Kier molecular flexibility index (Phi) is 9.13. The van der Waals surface area contributed by atoms with Gasteiger partial charge in [0.1, 0.15) is 12.6 Å². The first-order chi connectivity index (χ1) is 10.2. The minimum absolute atomic E-state index is 0.0532. The first kappa shape index (κ1) is 20.1. The number of aliphatic carboxylic acids is 1. The fraction of sp³-hybridized carbons (Fsp3) is 0.636. The number of hydrogen-bond acceptors (Lipinski definition) is 7. The Balaban J connectivity index is 4.46. The van der Waals surface area contributed by atoms with E-state index in [4.69, 9.17) is 10.8 Å². The first-order valence-corrected chi connectivity index (χ1v) is 6.93. The van der Waals surface area contributed by atoms with Crippen LogP contribution in [0.4, 0.5) is 0 Å². The maximum absolute atomic E-state index is 11.8. The van der Waals surface area contributed by atoms with Crippen LogP contribution >= 0.6 is 12.6 Å². The highest BCUT2D eigenvalue weighted by Crippen LogP contribution is 1.95. The average molecular weight is 336 g/mol. The lowest BCUT2D eigenvalue weighted by atomic mass is 10.1. The van der Waals surface area contributed by atoms with Crippen LogP contribution in [0.3, 0.4) is 0 Å². The summed E-state index contributed by atoms with van der Waals surface area (Å²) in [6.45, 7) is 0.202. The number of thiol groups is 1. The molecule has 22 heavy (non-hydrogen) atoms. The first-order valence-electron chi connectivity index (χ1n) is 6.30. The van der Waals surface area contributed by atoms with Gasteiger partial charge >= 0.3 is 5.97 Å². The fourth-order valence-electron chi connectivity index (χ4n) is 1.26. The van der Waals surface area contributed by atoms with Gasteiger partial charge in [0.2, 0.25) is 17.7 Å². The maximum Gasteiger partial charge on any atom is 0.322 e. The van der Waals surface area contributed by atoms with Crippen molar-refractivity contribution in [2.24, 2.45) is 5.73 Å². The molecule has 0 saturated heterocycles. The minimum Gasteiger partial charge on any atom is -0.480 e. The van der Waals surface area contributed by atoms with Gasteiger partial charge in [-0.2, -0.15) is 12.6 Å². The molecule has 10 nitrogen and oxygen atoms in total. The highest BCUT2D eigenvalue weighted by atomic mass is 32.1. The van der Waals surface area contributed by atoms with Crippen molar-refractivity contribution < 1.29 is 29.4 Å². The zero-order valence-electron chi connectivity index (χ0n) is 11.9. The van der Waals surface area contributed by atoms with Gasteiger partial charge in [-0.15, -0.1) is 0 Å². The number of rotatable bonds is 9. The van der Waals surface area contributed by atoms with E-state index >= 15 is 0 Å². The molecule has 7 N–H and O–H groups in total. The van der Waals surface area contributed by atoms with E-state index in [2.05, 4.69) is 23.3 Å². The van der Waals surface area contributed by atoms with Crippen LogP contribution in [0, 0.1) is 0 Å². The Labute approximate surface area is 132 Å². The second kappa shape index (κ2) is 9.97. The van der Waals surface area contributed by atoms with Gasteiger partial charge < -0.3 is 31.9 Å². The van der Waals surface area contributed by atoms with E-state index in [1.807, 2.05) is 5.32 Å². The van der Waals surface area contributed by atoms with Crippen molar-refractivity contribution in [1.82, 2.24) is 16.0 Å². The molecule has 0 spiro atoms. The van der Waals surface area contributed by atoms with Crippen LogP contribution in [-0.4, -0.2) is 70.9 Å². The Morgan fingerprint density at radius 3 is 2.18 bits per heavy atom. The highest BCUT2D eigenvalue weighted by Gasteiger charge is 2.27. The summed E-state index contributed by atoms with van der Waals surface area (Å²) in [7, 11) is 0. The molecule has 3 atom stereocenters. The van der Waals surface area contributed by atoms with Gasteiger partial charge in [0.25, 0.3) is 0 Å². The standard InChI is InChI=1S/C11H20N4O6S/c1-5(16)9(15-10(20)6(12)4-22)11(21)14-2-7(17)13-3-8(18)19/h5-6,9,16,22H,2-4,12H2,1H3,(H,13,17)(H,14,21)(H,15,20)(H,18,19). The van der Waals surface area contributed by atoms with E-state index in [1.54, 1.807) is 0 Å². The van der Waals surface area contributed by atoms with Crippen molar-refractivity contribution in [3.05, 3.63) is 0 Å². The molecule has 11 heteroatoms. The molecule has 126 valence electrons. The third kappa shape index (κ3) is 7.81. The quantitative estimate of drug-likeness (QED) is 0.213. The van der Waals surface area contributed by atoms with E-state index in [0.29, 0.717) is 0 Å². The SMILES string of the molecule is CC(O)C(NC(=O)C(N)CS)C(=O)NCC(=O)NCC(=O)O. The van der Waals surface area contributed by atoms with E-state index in [9.17, 15) is 24.3 Å². The van der Waals surface area contributed by atoms with Crippen molar-refractivity contribution in [3.8, 4) is 0 Å². The molecule has 0 rings (SSSR count). The predicted molar refractivity (Wildman–Crippen MR) is 79.1 cm³/mol. The lowest BCUT2D eigenvalue weighted by Gasteiger charge is -2.22. The number of aliphatic hydroxyl groups excluding tert-OH is 1. The molecule has 0 heterocycles. The molecule has 0 aliphatic heterocycles. The number of nitrogens with two attached hydrogens (primary N) is 1. The van der Waals surface area contributed by atoms with E-state index in [1.165, 1.54) is 6.92 Å². The molecule has 3 amide bonds. The summed E-state index contributed by atoms with van der Waals surface area (Å²) in [5.41, 5.74) is 5.43. The van der Waals surface area contributed by atoms with E-state index in [0.717, 1.165) is 0 Å². The smallest absolute Gasteiger partial charge is 0.322 e. The summed E-state index contributed by atoms with van der Waals surface area (Å²) in [4.78, 5) is 44.9. The largest absolute Gasteiger partial charge is 0.480 e. The Bertz CT molecular complexity index is 431. The van der Waals surface area contributed by atoms with Crippen molar-refractivity contribution in [1.29, 1.82) is 0 Å². The van der Waals surface area contributed by atoms with Crippen LogP contribution < -0.4 is 21.7 Å². The second-order valence-electron chi connectivity index (χ2n) is 4.40. The van der Waals surface area contributed by atoms with Crippen molar-refractivity contribution in [2.75, 3.05) is 18.8 Å². The van der Waals surface area contributed by atoms with Gasteiger partial charge in [-0.3, -0.25) is 19.2 Å². The molecule has 0 aromatic carbocycles. The van der Waals surface area contributed by atoms with Crippen LogP contribution in [-0.2, 0) is 19.2 Å². The summed E-state index contributed by atoms with van der Waals surface area (Å²) in [6.07, 6.45) is -1.22. The normalized spacial score (nSPS) is 14.4. The summed E-state index contributed by atoms with van der Waals surface area (Å²) >= 11 is 3.84. The van der Waals surface area contributed by atoms with Crippen LogP contribution in [0.25, 0.3) is 0 Å². The summed E-state index contributed by atoms with van der Waals surface area (Å²) in [6, 6.07) is -2.25. The average Bonchev–Trinajstić information content (AvgIpc) is 2.46.